The van der Waals surface area contributed by atoms with Crippen molar-refractivity contribution < 1.29 is 14.3 Å². The molecule has 0 bridgehead atoms. The van der Waals surface area contributed by atoms with Gasteiger partial charge in [0, 0.05) is 37.3 Å². The molecule has 0 radical (unpaired) electrons. The number of anilines is 1. The number of amides is 3. The molecule has 1 saturated heterocycles. The van der Waals surface area contributed by atoms with Crippen LogP contribution < -0.4 is 15.4 Å². The van der Waals surface area contributed by atoms with Crippen LogP contribution >= 0.6 is 0 Å². The molecule has 160 valence electrons. The molecule has 1 aliphatic rings. The summed E-state index contributed by atoms with van der Waals surface area (Å²) in [7, 11) is 0. The van der Waals surface area contributed by atoms with Gasteiger partial charge in [0.1, 0.15) is 5.75 Å². The van der Waals surface area contributed by atoms with Crippen LogP contribution in [0.2, 0.25) is 0 Å². The van der Waals surface area contributed by atoms with Crippen LogP contribution in [-0.2, 0) is 11.3 Å². The molecule has 1 fully saturated rings. The molecule has 2 N–H and O–H groups in total. The molecular formula is C24H31N3O3. The van der Waals surface area contributed by atoms with Crippen molar-refractivity contribution in [3.05, 3.63) is 59.7 Å². The van der Waals surface area contributed by atoms with Gasteiger partial charge in [-0.15, -0.1) is 0 Å². The van der Waals surface area contributed by atoms with Gasteiger partial charge in [-0.2, -0.15) is 0 Å². The number of urea groups is 1. The third-order valence-corrected chi connectivity index (χ3v) is 5.43. The number of para-hydroxylation sites is 1. The summed E-state index contributed by atoms with van der Waals surface area (Å²) >= 11 is 0. The lowest BCUT2D eigenvalue weighted by atomic mass is 9.93. The van der Waals surface area contributed by atoms with Crippen molar-refractivity contribution in [3.8, 4) is 5.75 Å². The average Bonchev–Trinajstić information content (AvgIpc) is 2.75. The SMILES string of the molecule is CCOc1ccccc1CNC(=O)CC1CCN(C(=O)Nc2ccc(C)cc2)CC1. The maximum atomic E-state index is 12.4. The smallest absolute Gasteiger partial charge is 0.321 e. The van der Waals surface area contributed by atoms with Gasteiger partial charge in [0.25, 0.3) is 0 Å². The lowest BCUT2D eigenvalue weighted by molar-refractivity contribution is -0.122. The fourth-order valence-corrected chi connectivity index (χ4v) is 3.65. The molecule has 6 heteroatoms. The fraction of sp³-hybridized carbons (Fsp3) is 0.417. The summed E-state index contributed by atoms with van der Waals surface area (Å²) in [6.07, 6.45) is 2.17. The predicted octanol–water partition coefficient (Wildman–Crippen LogP) is 4.34. The van der Waals surface area contributed by atoms with Crippen molar-refractivity contribution >= 4 is 17.6 Å². The normalized spacial score (nSPS) is 14.3. The molecule has 0 aromatic heterocycles. The number of carbonyl (C=O) groups excluding carboxylic acids is 2. The van der Waals surface area contributed by atoms with Crippen LogP contribution in [0.5, 0.6) is 5.75 Å². The van der Waals surface area contributed by atoms with Gasteiger partial charge >= 0.3 is 6.03 Å². The van der Waals surface area contributed by atoms with E-state index in [1.807, 2.05) is 67.3 Å². The highest BCUT2D eigenvalue weighted by Crippen LogP contribution is 2.22. The van der Waals surface area contributed by atoms with E-state index < -0.39 is 0 Å². The molecule has 0 spiro atoms. The monoisotopic (exact) mass is 409 g/mol. The largest absolute Gasteiger partial charge is 0.494 e. The zero-order valence-electron chi connectivity index (χ0n) is 17.8. The minimum atomic E-state index is -0.0747. The van der Waals surface area contributed by atoms with E-state index in [1.165, 1.54) is 0 Å². The lowest BCUT2D eigenvalue weighted by Crippen LogP contribution is -2.41. The van der Waals surface area contributed by atoms with Gasteiger partial charge in [-0.3, -0.25) is 4.79 Å². The lowest BCUT2D eigenvalue weighted by Gasteiger charge is -2.31. The molecule has 1 heterocycles. The predicted molar refractivity (Wildman–Crippen MR) is 119 cm³/mol. The molecule has 2 aromatic rings. The number of nitrogens with one attached hydrogen (secondary N) is 2. The molecule has 0 unspecified atom stereocenters. The van der Waals surface area contributed by atoms with Gasteiger partial charge in [-0.1, -0.05) is 35.9 Å². The summed E-state index contributed by atoms with van der Waals surface area (Å²) < 4.78 is 5.61. The number of rotatable bonds is 7. The number of likely N-dealkylation sites (tertiary alicyclic amines) is 1. The van der Waals surface area contributed by atoms with Gasteiger partial charge in [-0.25, -0.2) is 4.79 Å². The van der Waals surface area contributed by atoms with Gasteiger partial charge < -0.3 is 20.3 Å². The van der Waals surface area contributed by atoms with Gasteiger partial charge in [0.2, 0.25) is 5.91 Å². The highest BCUT2D eigenvalue weighted by Gasteiger charge is 2.24. The first-order valence-electron chi connectivity index (χ1n) is 10.6. The Bertz CT molecular complexity index is 843. The van der Waals surface area contributed by atoms with E-state index >= 15 is 0 Å². The number of aryl methyl sites for hydroxylation is 1. The molecule has 0 atom stereocenters. The summed E-state index contributed by atoms with van der Waals surface area (Å²) in [6, 6.07) is 15.5. The maximum absolute atomic E-state index is 12.4. The van der Waals surface area contributed by atoms with Crippen LogP contribution in [0.25, 0.3) is 0 Å². The summed E-state index contributed by atoms with van der Waals surface area (Å²) in [4.78, 5) is 26.7. The number of ether oxygens (including phenoxy) is 1. The summed E-state index contributed by atoms with van der Waals surface area (Å²) in [5, 5.41) is 5.95. The first kappa shape index (κ1) is 21.7. The molecule has 3 amide bonds. The Morgan fingerprint density at radius 3 is 2.47 bits per heavy atom. The first-order valence-corrected chi connectivity index (χ1v) is 10.6. The van der Waals surface area contributed by atoms with Crippen molar-refractivity contribution in [2.24, 2.45) is 5.92 Å². The van der Waals surface area contributed by atoms with Crippen LogP contribution in [0.4, 0.5) is 10.5 Å². The summed E-state index contributed by atoms with van der Waals surface area (Å²) in [5.41, 5.74) is 2.95. The van der Waals surface area contributed by atoms with Crippen molar-refractivity contribution in [3.63, 3.8) is 0 Å². The Balaban J connectivity index is 1.40. The van der Waals surface area contributed by atoms with Crippen molar-refractivity contribution in [1.29, 1.82) is 0 Å². The van der Waals surface area contributed by atoms with Crippen LogP contribution in [0.15, 0.2) is 48.5 Å². The quantitative estimate of drug-likeness (QED) is 0.714. The van der Waals surface area contributed by atoms with E-state index in [-0.39, 0.29) is 11.9 Å². The number of hydrogen-bond acceptors (Lipinski definition) is 3. The second kappa shape index (κ2) is 10.7. The third kappa shape index (κ3) is 6.24. The third-order valence-electron chi connectivity index (χ3n) is 5.43. The topological polar surface area (TPSA) is 70.7 Å². The summed E-state index contributed by atoms with van der Waals surface area (Å²) in [5.74, 6) is 1.16. The molecule has 3 rings (SSSR count). The number of hydrogen-bond donors (Lipinski definition) is 2. The van der Waals surface area contributed by atoms with Crippen LogP contribution in [0.3, 0.4) is 0 Å². The minimum Gasteiger partial charge on any atom is -0.494 e. The summed E-state index contributed by atoms with van der Waals surface area (Å²) in [6.45, 7) is 6.37. The second-order valence-electron chi connectivity index (χ2n) is 7.75. The molecule has 0 saturated carbocycles. The van der Waals surface area contributed by atoms with E-state index in [4.69, 9.17) is 4.74 Å². The second-order valence-corrected chi connectivity index (χ2v) is 7.75. The Morgan fingerprint density at radius 2 is 1.77 bits per heavy atom. The molecule has 6 nitrogen and oxygen atoms in total. The maximum Gasteiger partial charge on any atom is 0.321 e. The number of carbonyl (C=O) groups is 2. The minimum absolute atomic E-state index is 0.0452. The Kier molecular flexibility index (Phi) is 7.71. The van der Waals surface area contributed by atoms with Gasteiger partial charge in [-0.05, 0) is 50.8 Å². The van der Waals surface area contributed by atoms with Crippen molar-refractivity contribution in [2.45, 2.75) is 39.7 Å². The molecule has 30 heavy (non-hydrogen) atoms. The van der Waals surface area contributed by atoms with E-state index in [0.717, 1.165) is 35.4 Å². The number of piperidine rings is 1. The molecule has 1 aliphatic heterocycles. The standard InChI is InChI=1S/C24H31N3O3/c1-3-30-22-7-5-4-6-20(22)17-25-23(28)16-19-12-14-27(15-13-19)24(29)26-21-10-8-18(2)9-11-21/h4-11,19H,3,12-17H2,1-2H3,(H,25,28)(H,26,29). The number of benzene rings is 2. The fourth-order valence-electron chi connectivity index (χ4n) is 3.65. The Labute approximate surface area is 178 Å². The van der Waals surface area contributed by atoms with Gasteiger partial charge in [0.15, 0.2) is 0 Å². The zero-order valence-corrected chi connectivity index (χ0v) is 17.8. The highest BCUT2D eigenvalue weighted by molar-refractivity contribution is 5.89. The average molecular weight is 410 g/mol. The van der Waals surface area contributed by atoms with Gasteiger partial charge in [0.05, 0.1) is 6.61 Å². The Hall–Kier alpha value is -3.02. The van der Waals surface area contributed by atoms with E-state index in [2.05, 4.69) is 10.6 Å². The van der Waals surface area contributed by atoms with Crippen molar-refractivity contribution in [2.75, 3.05) is 25.0 Å². The van der Waals surface area contributed by atoms with Crippen molar-refractivity contribution in [1.82, 2.24) is 10.2 Å². The molecule has 2 aromatic carbocycles. The first-order chi connectivity index (χ1) is 14.5. The molecule has 0 aliphatic carbocycles. The van der Waals surface area contributed by atoms with Crippen LogP contribution in [-0.4, -0.2) is 36.5 Å². The van der Waals surface area contributed by atoms with E-state index in [1.54, 1.807) is 0 Å². The Morgan fingerprint density at radius 1 is 1.07 bits per heavy atom. The van der Waals surface area contributed by atoms with Crippen LogP contribution in [0.1, 0.15) is 37.3 Å². The molecular weight excluding hydrogens is 378 g/mol. The zero-order chi connectivity index (χ0) is 21.3. The van der Waals surface area contributed by atoms with E-state index in [9.17, 15) is 9.59 Å². The van der Waals surface area contributed by atoms with E-state index in [0.29, 0.717) is 38.6 Å². The highest BCUT2D eigenvalue weighted by atomic mass is 16.5. The number of nitrogens with zero attached hydrogens (tertiary/aromatic N) is 1. The van der Waals surface area contributed by atoms with Crippen LogP contribution in [0, 0.1) is 12.8 Å².